The van der Waals surface area contributed by atoms with Gasteiger partial charge in [0, 0.05) is 23.9 Å². The van der Waals surface area contributed by atoms with E-state index in [2.05, 4.69) is 11.6 Å². The lowest BCUT2D eigenvalue weighted by Gasteiger charge is -2.34. The van der Waals surface area contributed by atoms with E-state index < -0.39 is 23.2 Å². The highest BCUT2D eigenvalue weighted by Crippen LogP contribution is 2.34. The minimum absolute atomic E-state index is 0.0253. The highest BCUT2D eigenvalue weighted by atomic mass is 19.2. The molecule has 2 heterocycles. The van der Waals surface area contributed by atoms with Crippen LogP contribution < -0.4 is 5.56 Å². The number of hydrogen-bond acceptors (Lipinski definition) is 3. The number of aromatic amines is 1. The van der Waals surface area contributed by atoms with Gasteiger partial charge in [0.15, 0.2) is 11.6 Å². The van der Waals surface area contributed by atoms with Crippen molar-refractivity contribution < 1.29 is 18.3 Å². The van der Waals surface area contributed by atoms with Gasteiger partial charge in [-0.2, -0.15) is 0 Å². The molecule has 4 rings (SSSR count). The number of benzene rings is 2. The Morgan fingerprint density at radius 2 is 1.83 bits per heavy atom. The summed E-state index contributed by atoms with van der Waals surface area (Å²) in [5, 5.41) is 0.290. The summed E-state index contributed by atoms with van der Waals surface area (Å²) in [4.78, 5) is 29.5. The molecule has 1 N–H and O–H groups in total. The Morgan fingerprint density at radius 3 is 2.52 bits per heavy atom. The third-order valence-corrected chi connectivity index (χ3v) is 5.21. The molecular weight excluding hydrogens is 378 g/mol. The molecular formula is C22H18F2N2O3. The molecule has 0 bridgehead atoms. The average molecular weight is 396 g/mol. The van der Waals surface area contributed by atoms with E-state index in [-0.39, 0.29) is 29.9 Å². The van der Waals surface area contributed by atoms with Gasteiger partial charge in [-0.05, 0) is 23.1 Å². The SMILES string of the molecule is C=C(C(=O)N(C)C1COCc2[nH]c(=O)c3cc(F)c(F)cc3c21)c1ccccc1. The molecule has 2 aromatic carbocycles. The predicted octanol–water partition coefficient (Wildman–Crippen LogP) is 3.55. The van der Waals surface area contributed by atoms with Gasteiger partial charge >= 0.3 is 0 Å². The number of hydrogen-bond donors (Lipinski definition) is 1. The quantitative estimate of drug-likeness (QED) is 0.689. The van der Waals surface area contributed by atoms with Crippen LogP contribution in [-0.2, 0) is 16.1 Å². The lowest BCUT2D eigenvalue weighted by molar-refractivity contribution is -0.127. The smallest absolute Gasteiger partial charge is 0.256 e. The Labute approximate surface area is 165 Å². The summed E-state index contributed by atoms with van der Waals surface area (Å²) < 4.78 is 33.2. The van der Waals surface area contributed by atoms with Crippen LogP contribution in [0.3, 0.4) is 0 Å². The molecule has 1 unspecified atom stereocenters. The summed E-state index contributed by atoms with van der Waals surface area (Å²) in [5.74, 6) is -2.49. The molecule has 1 amide bonds. The fraction of sp³-hybridized carbons (Fsp3) is 0.182. The fourth-order valence-corrected chi connectivity index (χ4v) is 3.66. The van der Waals surface area contributed by atoms with Gasteiger partial charge in [-0.15, -0.1) is 0 Å². The van der Waals surface area contributed by atoms with Crippen LogP contribution in [0.25, 0.3) is 16.3 Å². The molecule has 0 saturated heterocycles. The average Bonchev–Trinajstić information content (AvgIpc) is 2.73. The number of carbonyl (C=O) groups excluding carboxylic acids is 1. The van der Waals surface area contributed by atoms with Crippen molar-refractivity contribution in [3.8, 4) is 0 Å². The zero-order valence-electron chi connectivity index (χ0n) is 15.7. The Bertz CT molecular complexity index is 1190. The summed E-state index contributed by atoms with van der Waals surface area (Å²) in [7, 11) is 1.59. The number of pyridine rings is 1. The van der Waals surface area contributed by atoms with Crippen LogP contribution in [0.1, 0.15) is 22.9 Å². The molecule has 1 aromatic heterocycles. The first-order valence-electron chi connectivity index (χ1n) is 9.01. The number of likely N-dealkylation sites (N-methyl/N-ethyl adjacent to an activating group) is 1. The van der Waals surface area contributed by atoms with E-state index in [0.29, 0.717) is 22.4 Å². The second kappa shape index (κ2) is 7.25. The lowest BCUT2D eigenvalue weighted by atomic mass is 9.94. The molecule has 0 saturated carbocycles. The zero-order chi connectivity index (χ0) is 20.7. The summed E-state index contributed by atoms with van der Waals surface area (Å²) in [6.45, 7) is 4.16. The monoisotopic (exact) mass is 396 g/mol. The topological polar surface area (TPSA) is 62.4 Å². The summed E-state index contributed by atoms with van der Waals surface area (Å²) >= 11 is 0. The van der Waals surface area contributed by atoms with Gasteiger partial charge in [-0.25, -0.2) is 8.78 Å². The molecule has 0 aliphatic carbocycles. The van der Waals surface area contributed by atoms with Crippen LogP contribution in [0.4, 0.5) is 8.78 Å². The second-order valence-corrected chi connectivity index (χ2v) is 6.95. The van der Waals surface area contributed by atoms with Gasteiger partial charge < -0.3 is 14.6 Å². The van der Waals surface area contributed by atoms with E-state index in [1.165, 1.54) is 4.90 Å². The van der Waals surface area contributed by atoms with Crippen molar-refractivity contribution in [2.75, 3.05) is 13.7 Å². The minimum Gasteiger partial charge on any atom is -0.373 e. The number of amides is 1. The molecule has 5 nitrogen and oxygen atoms in total. The van der Waals surface area contributed by atoms with E-state index in [4.69, 9.17) is 4.74 Å². The Morgan fingerprint density at radius 1 is 1.17 bits per heavy atom. The Hall–Kier alpha value is -3.32. The van der Waals surface area contributed by atoms with Gasteiger partial charge in [0.05, 0.1) is 24.6 Å². The third kappa shape index (κ3) is 3.23. The predicted molar refractivity (Wildman–Crippen MR) is 105 cm³/mol. The first-order chi connectivity index (χ1) is 13.9. The number of aromatic nitrogens is 1. The maximum absolute atomic E-state index is 14.0. The summed E-state index contributed by atoms with van der Waals surface area (Å²) in [5.41, 5.74) is 1.42. The molecule has 29 heavy (non-hydrogen) atoms. The van der Waals surface area contributed by atoms with E-state index in [1.54, 1.807) is 19.2 Å². The van der Waals surface area contributed by atoms with Crippen molar-refractivity contribution in [2.24, 2.45) is 0 Å². The number of rotatable bonds is 3. The number of halogens is 2. The van der Waals surface area contributed by atoms with Crippen molar-refractivity contribution in [3.63, 3.8) is 0 Å². The summed E-state index contributed by atoms with van der Waals surface area (Å²) in [6.07, 6.45) is 0. The number of nitrogens with one attached hydrogen (secondary N) is 1. The molecule has 1 aliphatic rings. The standard InChI is InChI=1S/C22H18F2N2O3/c1-12(13-6-4-3-5-7-13)22(28)26(2)19-11-29-10-18-20(19)14-8-16(23)17(24)9-15(14)21(27)25-18/h3-9,19H,1,10-11H2,2H3,(H,25,27). The van der Waals surface area contributed by atoms with Crippen LogP contribution in [0, 0.1) is 11.6 Å². The number of nitrogens with zero attached hydrogens (tertiary/aromatic N) is 1. The molecule has 0 spiro atoms. The fourth-order valence-electron chi connectivity index (χ4n) is 3.66. The molecule has 0 fully saturated rings. The summed E-state index contributed by atoms with van der Waals surface area (Å²) in [6, 6.07) is 10.3. The van der Waals surface area contributed by atoms with Crippen LogP contribution in [0.2, 0.25) is 0 Å². The molecule has 1 aliphatic heterocycles. The van der Waals surface area contributed by atoms with Crippen molar-refractivity contribution in [2.45, 2.75) is 12.6 Å². The van der Waals surface area contributed by atoms with Crippen LogP contribution >= 0.6 is 0 Å². The van der Waals surface area contributed by atoms with Gasteiger partial charge in [0.2, 0.25) is 0 Å². The van der Waals surface area contributed by atoms with E-state index in [0.717, 1.165) is 12.1 Å². The van der Waals surface area contributed by atoms with E-state index in [1.807, 2.05) is 18.2 Å². The van der Waals surface area contributed by atoms with Gasteiger partial charge in [0.25, 0.3) is 11.5 Å². The Balaban J connectivity index is 1.81. The van der Waals surface area contributed by atoms with Gasteiger partial charge in [-0.3, -0.25) is 9.59 Å². The maximum atomic E-state index is 14.0. The maximum Gasteiger partial charge on any atom is 0.256 e. The number of carbonyl (C=O) groups is 1. The van der Waals surface area contributed by atoms with Gasteiger partial charge in [0.1, 0.15) is 0 Å². The van der Waals surface area contributed by atoms with Crippen LogP contribution in [0.15, 0.2) is 53.8 Å². The molecule has 0 radical (unpaired) electrons. The minimum atomic E-state index is -1.10. The first-order valence-corrected chi connectivity index (χ1v) is 9.01. The van der Waals surface area contributed by atoms with E-state index >= 15 is 0 Å². The second-order valence-electron chi connectivity index (χ2n) is 6.95. The third-order valence-electron chi connectivity index (χ3n) is 5.21. The van der Waals surface area contributed by atoms with Crippen LogP contribution in [0.5, 0.6) is 0 Å². The van der Waals surface area contributed by atoms with Gasteiger partial charge in [-0.1, -0.05) is 36.9 Å². The molecule has 1 atom stereocenters. The highest BCUT2D eigenvalue weighted by Gasteiger charge is 2.32. The number of H-pyrrole nitrogens is 1. The van der Waals surface area contributed by atoms with Crippen molar-refractivity contribution in [1.82, 2.24) is 9.88 Å². The van der Waals surface area contributed by atoms with Crippen molar-refractivity contribution in [3.05, 3.63) is 87.9 Å². The van der Waals surface area contributed by atoms with E-state index in [9.17, 15) is 18.4 Å². The van der Waals surface area contributed by atoms with Crippen molar-refractivity contribution >= 4 is 22.3 Å². The number of ether oxygens (including phenoxy) is 1. The molecule has 3 aromatic rings. The molecule has 7 heteroatoms. The zero-order valence-corrected chi connectivity index (χ0v) is 15.7. The lowest BCUT2D eigenvalue weighted by Crippen LogP contribution is -2.37. The normalized spacial score (nSPS) is 15.8. The first kappa shape index (κ1) is 19.0. The highest BCUT2D eigenvalue weighted by molar-refractivity contribution is 6.18. The Kier molecular flexibility index (Phi) is 4.76. The largest absolute Gasteiger partial charge is 0.373 e. The van der Waals surface area contributed by atoms with Crippen LogP contribution in [-0.4, -0.2) is 29.4 Å². The van der Waals surface area contributed by atoms with Crippen molar-refractivity contribution in [1.29, 1.82) is 0 Å². The number of fused-ring (bicyclic) bond motifs is 3. The molecule has 148 valence electrons.